The molecule has 4 heteroatoms. The molecule has 23 heavy (non-hydrogen) atoms. The summed E-state index contributed by atoms with van der Waals surface area (Å²) in [4.78, 5) is 14.9. The fourth-order valence-corrected chi connectivity index (χ4v) is 3.67. The van der Waals surface area contributed by atoms with Crippen molar-refractivity contribution in [3.05, 3.63) is 47.5 Å². The summed E-state index contributed by atoms with van der Waals surface area (Å²) in [6, 6.07) is 9.57. The van der Waals surface area contributed by atoms with Gasteiger partial charge in [0.25, 0.3) is 0 Å². The van der Waals surface area contributed by atoms with Crippen LogP contribution in [0.15, 0.2) is 36.4 Å². The molecular formula is C19H22N2O2. The molecule has 0 heterocycles. The van der Waals surface area contributed by atoms with Crippen molar-refractivity contribution in [2.45, 2.75) is 19.4 Å². The highest BCUT2D eigenvalue weighted by Crippen LogP contribution is 2.44. The van der Waals surface area contributed by atoms with Crippen LogP contribution in [0.3, 0.4) is 0 Å². The third kappa shape index (κ3) is 3.46. The van der Waals surface area contributed by atoms with Gasteiger partial charge in [0.05, 0.1) is 18.2 Å². The number of rotatable bonds is 6. The number of carbonyl (C=O) groups excluding carboxylic acids is 1. The molecule has 2 aliphatic rings. The maximum atomic E-state index is 13.0. The van der Waals surface area contributed by atoms with E-state index in [1.165, 1.54) is 0 Å². The van der Waals surface area contributed by atoms with Crippen molar-refractivity contribution in [3.8, 4) is 6.07 Å². The lowest BCUT2D eigenvalue weighted by Crippen LogP contribution is -2.39. The number of nitrogens with zero attached hydrogens (tertiary/aromatic N) is 2. The maximum absolute atomic E-state index is 13.0. The average Bonchev–Trinajstić information content (AvgIpc) is 3.21. The Labute approximate surface area is 137 Å². The quantitative estimate of drug-likeness (QED) is 0.759. The molecule has 0 aliphatic heterocycles. The number of allylic oxidation sites excluding steroid dienone is 2. The first-order valence-electron chi connectivity index (χ1n) is 8.16. The lowest BCUT2D eigenvalue weighted by Gasteiger charge is -2.28. The summed E-state index contributed by atoms with van der Waals surface area (Å²) in [5, 5.41) is 8.88. The summed E-state index contributed by atoms with van der Waals surface area (Å²) >= 11 is 0. The maximum Gasteiger partial charge on any atom is 0.226 e. The van der Waals surface area contributed by atoms with Crippen LogP contribution in [-0.2, 0) is 16.1 Å². The zero-order valence-corrected chi connectivity index (χ0v) is 13.4. The number of amides is 1. The van der Waals surface area contributed by atoms with Crippen molar-refractivity contribution in [2.75, 3.05) is 20.3 Å². The number of ether oxygens (including phenoxy) is 1. The molecule has 3 atom stereocenters. The predicted molar refractivity (Wildman–Crippen MR) is 87.3 cm³/mol. The fraction of sp³-hybridized carbons (Fsp3) is 0.474. The molecule has 1 aromatic rings. The molecule has 2 bridgehead atoms. The summed E-state index contributed by atoms with van der Waals surface area (Å²) in [6.07, 6.45) is 6.59. The van der Waals surface area contributed by atoms with Crippen LogP contribution in [0.1, 0.15) is 24.0 Å². The monoisotopic (exact) mass is 310 g/mol. The average molecular weight is 310 g/mol. The lowest BCUT2D eigenvalue weighted by molar-refractivity contribution is -0.137. The fourth-order valence-electron chi connectivity index (χ4n) is 3.67. The van der Waals surface area contributed by atoms with Crippen LogP contribution < -0.4 is 0 Å². The Kier molecular flexibility index (Phi) is 4.78. The first-order valence-corrected chi connectivity index (χ1v) is 8.16. The number of methoxy groups -OCH3 is 1. The Bertz CT molecular complexity index is 630. The van der Waals surface area contributed by atoms with Gasteiger partial charge in [-0.1, -0.05) is 24.3 Å². The highest BCUT2D eigenvalue weighted by molar-refractivity contribution is 5.80. The van der Waals surface area contributed by atoms with Gasteiger partial charge >= 0.3 is 0 Å². The molecule has 1 aromatic carbocycles. The zero-order valence-electron chi connectivity index (χ0n) is 13.4. The Morgan fingerprint density at radius 3 is 2.65 bits per heavy atom. The van der Waals surface area contributed by atoms with Crippen LogP contribution >= 0.6 is 0 Å². The van der Waals surface area contributed by atoms with E-state index in [0.29, 0.717) is 37.1 Å². The summed E-state index contributed by atoms with van der Waals surface area (Å²) in [5.74, 6) is 1.37. The van der Waals surface area contributed by atoms with E-state index in [2.05, 4.69) is 18.2 Å². The SMILES string of the molecule is COCCN(Cc1ccc(C#N)cc1)C(=O)[C@H]1C[C@H]2C=C[C@H]1C2. The second-order valence-electron chi connectivity index (χ2n) is 6.45. The summed E-state index contributed by atoms with van der Waals surface area (Å²) < 4.78 is 5.17. The van der Waals surface area contributed by atoms with Crippen LogP contribution in [-0.4, -0.2) is 31.1 Å². The van der Waals surface area contributed by atoms with Crippen LogP contribution in [0.2, 0.25) is 0 Å². The minimum Gasteiger partial charge on any atom is -0.383 e. The van der Waals surface area contributed by atoms with E-state index < -0.39 is 0 Å². The van der Waals surface area contributed by atoms with E-state index in [9.17, 15) is 4.79 Å². The van der Waals surface area contributed by atoms with Crippen molar-refractivity contribution < 1.29 is 9.53 Å². The highest BCUT2D eigenvalue weighted by atomic mass is 16.5. The van der Waals surface area contributed by atoms with Crippen LogP contribution in [0.25, 0.3) is 0 Å². The normalized spacial score (nSPS) is 24.6. The van der Waals surface area contributed by atoms with Crippen LogP contribution in [0.4, 0.5) is 0 Å². The molecule has 1 amide bonds. The third-order valence-corrected chi connectivity index (χ3v) is 4.93. The summed E-state index contributed by atoms with van der Waals surface area (Å²) in [6.45, 7) is 1.72. The Balaban J connectivity index is 1.70. The summed E-state index contributed by atoms with van der Waals surface area (Å²) in [7, 11) is 1.66. The van der Waals surface area contributed by atoms with Gasteiger partial charge in [-0.3, -0.25) is 4.79 Å². The highest BCUT2D eigenvalue weighted by Gasteiger charge is 2.41. The Morgan fingerprint density at radius 1 is 1.30 bits per heavy atom. The number of carbonyl (C=O) groups is 1. The van der Waals surface area contributed by atoms with Crippen molar-refractivity contribution in [1.82, 2.24) is 4.90 Å². The van der Waals surface area contributed by atoms with Crippen molar-refractivity contribution in [3.63, 3.8) is 0 Å². The minimum absolute atomic E-state index is 0.125. The van der Waals surface area contributed by atoms with Gasteiger partial charge in [0.2, 0.25) is 5.91 Å². The van der Waals surface area contributed by atoms with Gasteiger partial charge in [-0.15, -0.1) is 0 Å². The van der Waals surface area contributed by atoms with E-state index in [0.717, 1.165) is 18.4 Å². The number of benzene rings is 1. The van der Waals surface area contributed by atoms with E-state index in [4.69, 9.17) is 10.00 Å². The standard InChI is InChI=1S/C19H22N2O2/c1-23-9-8-21(13-15-4-2-14(12-20)3-5-15)19(22)18-11-16-6-7-17(18)10-16/h2-7,16-18H,8-11,13H2,1H3/t16-,17-,18-/m0/s1. The molecule has 0 saturated heterocycles. The van der Waals surface area contributed by atoms with Gasteiger partial charge in [0.15, 0.2) is 0 Å². The van der Waals surface area contributed by atoms with Crippen molar-refractivity contribution >= 4 is 5.91 Å². The molecule has 2 aliphatic carbocycles. The molecule has 1 fully saturated rings. The molecule has 0 unspecified atom stereocenters. The van der Waals surface area contributed by atoms with Gasteiger partial charge in [0.1, 0.15) is 0 Å². The first-order chi connectivity index (χ1) is 11.2. The van der Waals surface area contributed by atoms with E-state index in [-0.39, 0.29) is 11.8 Å². The molecule has 0 radical (unpaired) electrons. The zero-order chi connectivity index (χ0) is 16.2. The molecular weight excluding hydrogens is 288 g/mol. The lowest BCUT2D eigenvalue weighted by atomic mass is 9.92. The van der Waals surface area contributed by atoms with E-state index >= 15 is 0 Å². The molecule has 4 nitrogen and oxygen atoms in total. The summed E-state index contributed by atoms with van der Waals surface area (Å²) in [5.41, 5.74) is 1.69. The second kappa shape index (κ2) is 6.97. The van der Waals surface area contributed by atoms with Crippen molar-refractivity contribution in [2.24, 2.45) is 17.8 Å². The molecule has 1 saturated carbocycles. The van der Waals surface area contributed by atoms with Gasteiger partial charge in [0, 0.05) is 26.1 Å². The number of nitriles is 1. The minimum atomic E-state index is 0.125. The van der Waals surface area contributed by atoms with Gasteiger partial charge in [-0.25, -0.2) is 0 Å². The molecule has 0 N–H and O–H groups in total. The molecule has 0 aromatic heterocycles. The van der Waals surface area contributed by atoms with Gasteiger partial charge in [-0.05, 0) is 42.4 Å². The number of hydrogen-bond acceptors (Lipinski definition) is 3. The predicted octanol–water partition coefficient (Wildman–Crippen LogP) is 2.75. The van der Waals surface area contributed by atoms with Crippen molar-refractivity contribution in [1.29, 1.82) is 5.26 Å². The van der Waals surface area contributed by atoms with Crippen LogP contribution in [0, 0.1) is 29.1 Å². The Hall–Kier alpha value is -2.12. The molecule has 3 rings (SSSR count). The number of fused-ring (bicyclic) bond motifs is 2. The molecule has 0 spiro atoms. The Morgan fingerprint density at radius 2 is 2.09 bits per heavy atom. The third-order valence-electron chi connectivity index (χ3n) is 4.93. The van der Waals surface area contributed by atoms with E-state index in [1.807, 2.05) is 17.0 Å². The first kappa shape index (κ1) is 15.8. The van der Waals surface area contributed by atoms with Crippen LogP contribution in [0.5, 0.6) is 0 Å². The second-order valence-corrected chi connectivity index (χ2v) is 6.45. The largest absolute Gasteiger partial charge is 0.383 e. The smallest absolute Gasteiger partial charge is 0.226 e. The molecule has 120 valence electrons. The topological polar surface area (TPSA) is 53.3 Å². The van der Waals surface area contributed by atoms with Gasteiger partial charge in [-0.2, -0.15) is 5.26 Å². The number of hydrogen-bond donors (Lipinski definition) is 0. The van der Waals surface area contributed by atoms with Gasteiger partial charge < -0.3 is 9.64 Å². The van der Waals surface area contributed by atoms with E-state index in [1.54, 1.807) is 19.2 Å².